The number of sulfone groups is 1. The molecule has 7 heteroatoms. The first-order valence-corrected chi connectivity index (χ1v) is 6.48. The van der Waals surface area contributed by atoms with Gasteiger partial charge < -0.3 is 9.63 Å². The second-order valence-corrected chi connectivity index (χ2v) is 5.72. The molecular formula is C9H13NO5S. The quantitative estimate of drug-likeness (QED) is 0.821. The standard InChI is InChI=1S/C9H13NO5S/c1-6-8(7(2)15-10-6)5-16(13,14)4-3-9(11)12/h3-5H2,1-2H3,(H,11,12). The minimum Gasteiger partial charge on any atom is -0.481 e. The van der Waals surface area contributed by atoms with Crippen LogP contribution in [0.1, 0.15) is 23.4 Å². The van der Waals surface area contributed by atoms with Crippen LogP contribution in [-0.4, -0.2) is 30.4 Å². The number of carboxylic acid groups (broad SMARTS) is 1. The van der Waals surface area contributed by atoms with Gasteiger partial charge in [0.25, 0.3) is 0 Å². The maximum atomic E-state index is 11.6. The molecule has 0 saturated heterocycles. The third-order valence-corrected chi connectivity index (χ3v) is 3.73. The van der Waals surface area contributed by atoms with Crippen molar-refractivity contribution >= 4 is 15.8 Å². The fourth-order valence-electron chi connectivity index (χ4n) is 1.24. The number of aliphatic carboxylic acids is 1. The fourth-order valence-corrected chi connectivity index (χ4v) is 2.72. The van der Waals surface area contributed by atoms with Crippen molar-refractivity contribution in [1.29, 1.82) is 0 Å². The molecule has 1 N–H and O–H groups in total. The highest BCUT2D eigenvalue weighted by atomic mass is 32.2. The van der Waals surface area contributed by atoms with Crippen molar-refractivity contribution in [2.24, 2.45) is 0 Å². The van der Waals surface area contributed by atoms with Crippen molar-refractivity contribution in [2.45, 2.75) is 26.0 Å². The van der Waals surface area contributed by atoms with Crippen LogP contribution in [-0.2, 0) is 20.4 Å². The average molecular weight is 247 g/mol. The van der Waals surface area contributed by atoms with Crippen LogP contribution >= 0.6 is 0 Å². The molecule has 1 aromatic rings. The van der Waals surface area contributed by atoms with Crippen LogP contribution in [0.2, 0.25) is 0 Å². The second-order valence-electron chi connectivity index (χ2n) is 3.54. The van der Waals surface area contributed by atoms with E-state index in [0.29, 0.717) is 17.0 Å². The third-order valence-electron chi connectivity index (χ3n) is 2.17. The smallest absolute Gasteiger partial charge is 0.304 e. The van der Waals surface area contributed by atoms with Crippen LogP contribution in [0.25, 0.3) is 0 Å². The first kappa shape index (κ1) is 12.7. The molecule has 0 saturated carbocycles. The van der Waals surface area contributed by atoms with Gasteiger partial charge in [0.15, 0.2) is 9.84 Å². The number of hydrogen-bond donors (Lipinski definition) is 1. The minimum absolute atomic E-state index is 0.221. The Kier molecular flexibility index (Phi) is 3.69. The summed E-state index contributed by atoms with van der Waals surface area (Å²) < 4.78 is 28.0. The van der Waals surface area contributed by atoms with E-state index < -0.39 is 15.8 Å². The molecule has 0 amide bonds. The van der Waals surface area contributed by atoms with Gasteiger partial charge in [-0.05, 0) is 13.8 Å². The van der Waals surface area contributed by atoms with Gasteiger partial charge in [0.05, 0.1) is 23.6 Å². The lowest BCUT2D eigenvalue weighted by Crippen LogP contribution is -2.13. The molecule has 0 unspecified atom stereocenters. The summed E-state index contributed by atoms with van der Waals surface area (Å²) in [5.41, 5.74) is 1.04. The minimum atomic E-state index is -3.43. The maximum Gasteiger partial charge on any atom is 0.304 e. The van der Waals surface area contributed by atoms with E-state index in [1.807, 2.05) is 0 Å². The molecule has 0 aliphatic heterocycles. The average Bonchev–Trinajstić information content (AvgIpc) is 2.46. The summed E-state index contributed by atoms with van der Waals surface area (Å²) in [5.74, 6) is -1.26. The van der Waals surface area contributed by atoms with Crippen LogP contribution in [0, 0.1) is 13.8 Å². The molecule has 0 aliphatic carbocycles. The molecule has 0 bridgehead atoms. The first-order valence-electron chi connectivity index (χ1n) is 4.66. The van der Waals surface area contributed by atoms with E-state index in [4.69, 9.17) is 9.63 Å². The van der Waals surface area contributed by atoms with Crippen LogP contribution in [0.4, 0.5) is 0 Å². The maximum absolute atomic E-state index is 11.6. The zero-order valence-corrected chi connectivity index (χ0v) is 9.87. The highest BCUT2D eigenvalue weighted by Crippen LogP contribution is 2.16. The number of aromatic nitrogens is 1. The summed E-state index contributed by atoms with van der Waals surface area (Å²) in [7, 11) is -3.43. The molecule has 90 valence electrons. The number of carbonyl (C=O) groups is 1. The van der Waals surface area contributed by atoms with Crippen molar-refractivity contribution in [3.8, 4) is 0 Å². The Morgan fingerprint density at radius 3 is 2.50 bits per heavy atom. The first-order chi connectivity index (χ1) is 7.32. The zero-order valence-electron chi connectivity index (χ0n) is 9.06. The summed E-state index contributed by atoms with van der Waals surface area (Å²) in [6, 6.07) is 0. The van der Waals surface area contributed by atoms with Crippen LogP contribution in [0.5, 0.6) is 0 Å². The number of nitrogens with zero attached hydrogens (tertiary/aromatic N) is 1. The lowest BCUT2D eigenvalue weighted by molar-refractivity contribution is -0.136. The molecule has 16 heavy (non-hydrogen) atoms. The summed E-state index contributed by atoms with van der Waals surface area (Å²) in [6.07, 6.45) is -0.383. The third kappa shape index (κ3) is 3.34. The van der Waals surface area contributed by atoms with Gasteiger partial charge in [-0.1, -0.05) is 5.16 Å². The number of hydrogen-bond acceptors (Lipinski definition) is 5. The van der Waals surface area contributed by atoms with Crippen molar-refractivity contribution < 1.29 is 22.8 Å². The Balaban J connectivity index is 2.77. The molecule has 1 aromatic heterocycles. The lowest BCUT2D eigenvalue weighted by atomic mass is 10.2. The van der Waals surface area contributed by atoms with Crippen molar-refractivity contribution in [3.05, 3.63) is 17.0 Å². The molecule has 0 atom stereocenters. The van der Waals surface area contributed by atoms with Gasteiger partial charge in [0.2, 0.25) is 0 Å². The highest BCUT2D eigenvalue weighted by molar-refractivity contribution is 7.90. The lowest BCUT2D eigenvalue weighted by Gasteiger charge is -2.01. The summed E-state index contributed by atoms with van der Waals surface area (Å²) in [5, 5.41) is 12.1. The van der Waals surface area contributed by atoms with Gasteiger partial charge in [-0.3, -0.25) is 4.79 Å². The Morgan fingerprint density at radius 1 is 1.44 bits per heavy atom. The Labute approximate surface area is 93.2 Å². The van der Waals surface area contributed by atoms with E-state index >= 15 is 0 Å². The molecule has 1 rings (SSSR count). The number of rotatable bonds is 5. The predicted octanol–water partition coefficient (Wildman–Crippen LogP) is 0.681. The van der Waals surface area contributed by atoms with Crippen molar-refractivity contribution in [3.63, 3.8) is 0 Å². The topological polar surface area (TPSA) is 97.5 Å². The largest absolute Gasteiger partial charge is 0.481 e. The number of aryl methyl sites for hydroxylation is 2. The molecule has 6 nitrogen and oxygen atoms in total. The van der Waals surface area contributed by atoms with E-state index in [1.54, 1.807) is 13.8 Å². The zero-order chi connectivity index (χ0) is 12.3. The van der Waals surface area contributed by atoms with E-state index in [1.165, 1.54) is 0 Å². The molecule has 0 spiro atoms. The molecule has 0 aliphatic rings. The SMILES string of the molecule is Cc1noc(C)c1CS(=O)(=O)CCC(=O)O. The summed E-state index contributed by atoms with van der Waals surface area (Å²) >= 11 is 0. The Morgan fingerprint density at radius 2 is 2.06 bits per heavy atom. The van der Waals surface area contributed by atoms with Crippen LogP contribution < -0.4 is 0 Å². The monoisotopic (exact) mass is 247 g/mol. The molecular weight excluding hydrogens is 234 g/mol. The van der Waals surface area contributed by atoms with Gasteiger partial charge in [-0.2, -0.15) is 0 Å². The summed E-state index contributed by atoms with van der Waals surface area (Å²) in [6.45, 7) is 3.28. The van der Waals surface area contributed by atoms with E-state index in [-0.39, 0.29) is 17.9 Å². The number of carboxylic acids is 1. The molecule has 1 heterocycles. The second kappa shape index (κ2) is 4.65. The van der Waals surface area contributed by atoms with E-state index in [0.717, 1.165) is 0 Å². The van der Waals surface area contributed by atoms with Crippen molar-refractivity contribution in [1.82, 2.24) is 5.16 Å². The summed E-state index contributed by atoms with van der Waals surface area (Å²) in [4.78, 5) is 10.3. The molecule has 0 radical (unpaired) electrons. The fraction of sp³-hybridized carbons (Fsp3) is 0.556. The van der Waals surface area contributed by atoms with Gasteiger partial charge in [-0.15, -0.1) is 0 Å². The predicted molar refractivity (Wildman–Crippen MR) is 55.7 cm³/mol. The van der Waals surface area contributed by atoms with Crippen LogP contribution in [0.15, 0.2) is 4.52 Å². The molecule has 0 aromatic carbocycles. The molecule has 0 fully saturated rings. The van der Waals surface area contributed by atoms with E-state index in [2.05, 4.69) is 5.16 Å². The highest BCUT2D eigenvalue weighted by Gasteiger charge is 2.19. The Bertz CT molecular complexity index is 468. The van der Waals surface area contributed by atoms with Gasteiger partial charge >= 0.3 is 5.97 Å². The van der Waals surface area contributed by atoms with Gasteiger partial charge in [0, 0.05) is 5.56 Å². The Hall–Kier alpha value is -1.37. The van der Waals surface area contributed by atoms with Crippen LogP contribution in [0.3, 0.4) is 0 Å². The van der Waals surface area contributed by atoms with Gasteiger partial charge in [-0.25, -0.2) is 8.42 Å². The van der Waals surface area contributed by atoms with Crippen molar-refractivity contribution in [2.75, 3.05) is 5.75 Å². The van der Waals surface area contributed by atoms with E-state index in [9.17, 15) is 13.2 Å². The normalized spacial score (nSPS) is 11.6. The van der Waals surface area contributed by atoms with Gasteiger partial charge in [0.1, 0.15) is 5.76 Å².